The van der Waals surface area contributed by atoms with Crippen LogP contribution in [0.15, 0.2) is 36.7 Å². The zero-order chi connectivity index (χ0) is 18.1. The molecule has 1 aliphatic carbocycles. The molecule has 8 heteroatoms. The van der Waals surface area contributed by atoms with Gasteiger partial charge in [0.25, 0.3) is 0 Å². The number of ether oxygens (including phenoxy) is 1. The van der Waals surface area contributed by atoms with E-state index in [1.54, 1.807) is 6.07 Å². The first-order chi connectivity index (χ1) is 11.8. The largest absolute Gasteiger partial charge is 0.573 e. The number of benzene rings is 1. The Kier molecular flexibility index (Phi) is 4.47. The van der Waals surface area contributed by atoms with Gasteiger partial charge in [0, 0.05) is 24.2 Å². The first kappa shape index (κ1) is 17.3. The molecule has 0 unspecified atom stereocenters. The first-order valence-corrected chi connectivity index (χ1v) is 7.63. The molecule has 1 N–H and O–H groups in total. The topological polar surface area (TPSA) is 72.3 Å². The summed E-state index contributed by atoms with van der Waals surface area (Å²) in [5.41, 5.74) is 0.651. The summed E-state index contributed by atoms with van der Waals surface area (Å²) in [5.74, 6) is -0.222. The Balaban J connectivity index is 1.77. The van der Waals surface area contributed by atoms with Crippen LogP contribution < -0.4 is 4.74 Å². The van der Waals surface area contributed by atoms with Crippen molar-refractivity contribution in [2.75, 3.05) is 6.61 Å². The summed E-state index contributed by atoms with van der Waals surface area (Å²) in [6, 6.07) is 5.95. The van der Waals surface area contributed by atoms with Crippen LogP contribution in [-0.2, 0) is 11.8 Å². The van der Waals surface area contributed by atoms with Gasteiger partial charge in [-0.15, -0.1) is 13.2 Å². The van der Waals surface area contributed by atoms with Gasteiger partial charge in [0.15, 0.2) is 5.78 Å². The molecule has 0 radical (unpaired) electrons. The summed E-state index contributed by atoms with van der Waals surface area (Å²) in [4.78, 5) is 19.6. The average Bonchev–Trinajstić information content (AvgIpc) is 3.34. The van der Waals surface area contributed by atoms with Gasteiger partial charge < -0.3 is 9.84 Å². The molecule has 25 heavy (non-hydrogen) atoms. The van der Waals surface area contributed by atoms with Crippen molar-refractivity contribution in [3.63, 3.8) is 0 Å². The molecule has 0 aliphatic heterocycles. The number of hydrogen-bond acceptors (Lipinski definition) is 5. The maximum absolute atomic E-state index is 12.4. The Morgan fingerprint density at radius 3 is 2.48 bits per heavy atom. The minimum absolute atomic E-state index is 0.219. The van der Waals surface area contributed by atoms with Gasteiger partial charge in [-0.3, -0.25) is 4.79 Å². The molecule has 0 spiro atoms. The lowest BCUT2D eigenvalue weighted by Crippen LogP contribution is -2.18. The highest BCUT2D eigenvalue weighted by molar-refractivity contribution is 5.96. The number of Topliss-reactive ketones (excluding diaryl/α,β-unsaturated/α-hetero) is 1. The molecular formula is C17H15F3N2O3. The van der Waals surface area contributed by atoms with Gasteiger partial charge in [0.05, 0.1) is 5.56 Å². The Hall–Kier alpha value is -2.48. The van der Waals surface area contributed by atoms with E-state index in [9.17, 15) is 18.0 Å². The van der Waals surface area contributed by atoms with Crippen LogP contribution in [0.1, 0.15) is 34.6 Å². The molecule has 0 amide bonds. The second kappa shape index (κ2) is 6.44. The van der Waals surface area contributed by atoms with E-state index in [0.29, 0.717) is 12.2 Å². The zero-order valence-electron chi connectivity index (χ0n) is 13.1. The predicted octanol–water partition coefficient (Wildman–Crippen LogP) is 2.82. The van der Waals surface area contributed by atoms with E-state index in [2.05, 4.69) is 14.7 Å². The van der Waals surface area contributed by atoms with Crippen LogP contribution in [0.25, 0.3) is 0 Å². The van der Waals surface area contributed by atoms with E-state index in [1.807, 2.05) is 0 Å². The van der Waals surface area contributed by atoms with Crippen molar-refractivity contribution >= 4 is 5.78 Å². The molecule has 0 atom stereocenters. The SMILES string of the molecule is O=C(CO)c1cnc(CC2(c3cccc(OC(F)(F)F)c3)CC2)nc1. The normalized spacial score (nSPS) is 15.7. The van der Waals surface area contributed by atoms with Gasteiger partial charge in [-0.05, 0) is 30.5 Å². The lowest BCUT2D eigenvalue weighted by molar-refractivity contribution is -0.274. The van der Waals surface area contributed by atoms with Crippen LogP contribution in [0.2, 0.25) is 0 Å². The molecule has 1 saturated carbocycles. The number of hydrogen-bond donors (Lipinski definition) is 1. The summed E-state index contributed by atoms with van der Waals surface area (Å²) in [6.45, 7) is -0.612. The number of carbonyl (C=O) groups is 1. The second-order valence-electron chi connectivity index (χ2n) is 6.00. The van der Waals surface area contributed by atoms with Crippen molar-refractivity contribution in [2.24, 2.45) is 0 Å². The third-order valence-corrected chi connectivity index (χ3v) is 4.20. The van der Waals surface area contributed by atoms with E-state index in [0.717, 1.165) is 18.4 Å². The summed E-state index contributed by atoms with van der Waals surface area (Å²) < 4.78 is 41.1. The number of aliphatic hydroxyl groups excluding tert-OH is 1. The second-order valence-corrected chi connectivity index (χ2v) is 6.00. The Labute approximate surface area is 141 Å². The summed E-state index contributed by atoms with van der Waals surface area (Å²) >= 11 is 0. The van der Waals surface area contributed by atoms with Crippen molar-refractivity contribution < 1.29 is 27.8 Å². The van der Waals surface area contributed by atoms with Gasteiger partial charge in [0.1, 0.15) is 18.2 Å². The molecule has 2 aromatic rings. The zero-order valence-corrected chi connectivity index (χ0v) is 13.1. The minimum Gasteiger partial charge on any atom is -0.406 e. The van der Waals surface area contributed by atoms with Gasteiger partial charge in [-0.2, -0.15) is 0 Å². The fraction of sp³-hybridized carbons (Fsp3) is 0.353. The molecule has 0 saturated heterocycles. The van der Waals surface area contributed by atoms with Crippen molar-refractivity contribution in [2.45, 2.75) is 31.0 Å². The number of nitrogens with zero attached hydrogens (tertiary/aromatic N) is 2. The number of alkyl halides is 3. The first-order valence-electron chi connectivity index (χ1n) is 7.63. The third kappa shape index (κ3) is 4.14. The Bertz CT molecular complexity index is 771. The van der Waals surface area contributed by atoms with E-state index < -0.39 is 18.8 Å². The maximum Gasteiger partial charge on any atom is 0.573 e. The molecule has 5 nitrogen and oxygen atoms in total. The summed E-state index contributed by atoms with van der Waals surface area (Å²) in [5, 5.41) is 8.81. The molecule has 132 valence electrons. The summed E-state index contributed by atoms with van der Waals surface area (Å²) in [7, 11) is 0. The quantitative estimate of drug-likeness (QED) is 0.810. The highest BCUT2D eigenvalue weighted by Gasteiger charge is 2.45. The van der Waals surface area contributed by atoms with Crippen molar-refractivity contribution in [1.82, 2.24) is 9.97 Å². The Morgan fingerprint density at radius 1 is 1.24 bits per heavy atom. The molecule has 0 bridgehead atoms. The smallest absolute Gasteiger partial charge is 0.406 e. The van der Waals surface area contributed by atoms with Crippen LogP contribution in [0.5, 0.6) is 5.75 Å². The number of rotatable bonds is 6. The van der Waals surface area contributed by atoms with Gasteiger partial charge >= 0.3 is 6.36 Å². The van der Waals surface area contributed by atoms with Gasteiger partial charge in [0.2, 0.25) is 0 Å². The minimum atomic E-state index is -4.73. The van der Waals surface area contributed by atoms with E-state index in [1.165, 1.54) is 30.6 Å². The average molecular weight is 352 g/mol. The highest BCUT2D eigenvalue weighted by atomic mass is 19.4. The number of halogens is 3. The van der Waals surface area contributed by atoms with Crippen LogP contribution in [0.3, 0.4) is 0 Å². The molecule has 1 heterocycles. The highest BCUT2D eigenvalue weighted by Crippen LogP contribution is 2.51. The fourth-order valence-corrected chi connectivity index (χ4v) is 2.73. The van der Waals surface area contributed by atoms with E-state index in [4.69, 9.17) is 5.11 Å². The van der Waals surface area contributed by atoms with Crippen LogP contribution in [-0.4, -0.2) is 33.8 Å². The van der Waals surface area contributed by atoms with E-state index >= 15 is 0 Å². The number of aliphatic hydroxyl groups is 1. The standard InChI is InChI=1S/C17H15F3N2O3/c18-17(19,20)25-13-3-1-2-12(6-13)16(4-5-16)7-15-21-8-11(9-22-15)14(24)10-23/h1-3,6,8-9,23H,4-5,7,10H2. The van der Waals surface area contributed by atoms with Crippen LogP contribution in [0, 0.1) is 0 Å². The predicted molar refractivity (Wildman–Crippen MR) is 81.2 cm³/mol. The van der Waals surface area contributed by atoms with Crippen LogP contribution >= 0.6 is 0 Å². The number of ketones is 1. The molecule has 3 rings (SSSR count). The van der Waals surface area contributed by atoms with Crippen molar-refractivity contribution in [3.8, 4) is 5.75 Å². The van der Waals surface area contributed by atoms with Crippen molar-refractivity contribution in [3.05, 3.63) is 53.6 Å². The maximum atomic E-state index is 12.4. The van der Waals surface area contributed by atoms with Gasteiger partial charge in [-0.25, -0.2) is 9.97 Å². The Morgan fingerprint density at radius 2 is 1.92 bits per heavy atom. The third-order valence-electron chi connectivity index (χ3n) is 4.20. The lowest BCUT2D eigenvalue weighted by atomic mass is 9.92. The van der Waals surface area contributed by atoms with Gasteiger partial charge in [-0.1, -0.05) is 12.1 Å². The summed E-state index contributed by atoms with van der Waals surface area (Å²) in [6.07, 6.45) is 0.0379. The number of carbonyl (C=O) groups excluding carboxylic acids is 1. The monoisotopic (exact) mass is 352 g/mol. The van der Waals surface area contributed by atoms with E-state index in [-0.39, 0.29) is 16.7 Å². The molecule has 1 aromatic carbocycles. The molecular weight excluding hydrogens is 337 g/mol. The number of aromatic nitrogens is 2. The van der Waals surface area contributed by atoms with Crippen LogP contribution in [0.4, 0.5) is 13.2 Å². The lowest BCUT2D eigenvalue weighted by Gasteiger charge is -2.17. The fourth-order valence-electron chi connectivity index (χ4n) is 2.73. The molecule has 1 aliphatic rings. The van der Waals surface area contributed by atoms with Crippen molar-refractivity contribution in [1.29, 1.82) is 0 Å². The molecule has 1 aromatic heterocycles. The molecule has 1 fully saturated rings.